The highest BCUT2D eigenvalue weighted by atomic mass is 14.6. The van der Waals surface area contributed by atoms with Crippen LogP contribution in [0, 0.1) is 23.7 Å². The Bertz CT molecular complexity index is 125. The summed E-state index contributed by atoms with van der Waals surface area (Å²) in [5.41, 5.74) is 0. The molecule has 0 aliphatic heterocycles. The molecule has 3 unspecified atom stereocenters. The van der Waals surface area contributed by atoms with Crippen LogP contribution in [-0.4, -0.2) is 0 Å². The number of fused-ring (bicyclic) bond motifs is 5. The Labute approximate surface area is 56.6 Å². The molecule has 0 aromatic heterocycles. The second-order valence-corrected chi connectivity index (χ2v) is 4.25. The van der Waals surface area contributed by atoms with Gasteiger partial charge in [-0.2, -0.15) is 0 Å². The van der Waals surface area contributed by atoms with Gasteiger partial charge in [-0.05, 0) is 36.5 Å². The average Bonchev–Trinajstić information content (AvgIpc) is 2.62. The number of rotatable bonds is 0. The highest BCUT2D eigenvalue weighted by Gasteiger charge is 2.54. The van der Waals surface area contributed by atoms with Gasteiger partial charge in [-0.25, -0.2) is 0 Å². The van der Waals surface area contributed by atoms with E-state index < -0.39 is 0 Å². The Morgan fingerprint density at radius 2 is 1.44 bits per heavy atom. The Hall–Kier alpha value is 0. The van der Waals surface area contributed by atoms with Crippen LogP contribution in [0.15, 0.2) is 0 Å². The monoisotopic (exact) mass is 122 g/mol. The van der Waals surface area contributed by atoms with Crippen molar-refractivity contribution in [1.82, 2.24) is 0 Å². The molecule has 50 valence electrons. The van der Waals surface area contributed by atoms with Crippen molar-refractivity contribution in [1.29, 1.82) is 0 Å². The lowest BCUT2D eigenvalue weighted by Gasteiger charge is -2.21. The summed E-state index contributed by atoms with van der Waals surface area (Å²) in [6.45, 7) is 0. The van der Waals surface area contributed by atoms with Crippen LogP contribution in [-0.2, 0) is 0 Å². The molecule has 0 N–H and O–H groups in total. The first kappa shape index (κ1) is 4.76. The van der Waals surface area contributed by atoms with Gasteiger partial charge in [0.05, 0.1) is 0 Å². The summed E-state index contributed by atoms with van der Waals surface area (Å²) in [4.78, 5) is 0. The molecule has 3 saturated carbocycles. The third kappa shape index (κ3) is 0.500. The van der Waals surface area contributed by atoms with Gasteiger partial charge in [0.15, 0.2) is 0 Å². The second-order valence-electron chi connectivity index (χ2n) is 4.25. The van der Waals surface area contributed by atoms with Gasteiger partial charge in [-0.3, -0.25) is 0 Å². The van der Waals surface area contributed by atoms with E-state index in [1.54, 1.807) is 32.1 Å². The molecule has 0 heteroatoms. The summed E-state index contributed by atoms with van der Waals surface area (Å²) >= 11 is 0. The van der Waals surface area contributed by atoms with E-state index in [-0.39, 0.29) is 0 Å². The predicted molar refractivity (Wildman–Crippen MR) is 37.0 cm³/mol. The zero-order valence-corrected chi connectivity index (χ0v) is 5.84. The van der Waals surface area contributed by atoms with Crippen molar-refractivity contribution in [3.05, 3.63) is 0 Å². The molecule has 3 aliphatic carbocycles. The van der Waals surface area contributed by atoms with Crippen LogP contribution < -0.4 is 0 Å². The van der Waals surface area contributed by atoms with Crippen LogP contribution in [0.4, 0.5) is 0 Å². The minimum Gasteiger partial charge on any atom is -0.0528 e. The van der Waals surface area contributed by atoms with Gasteiger partial charge in [0.25, 0.3) is 0 Å². The summed E-state index contributed by atoms with van der Waals surface area (Å²) in [6.07, 6.45) is 7.96. The van der Waals surface area contributed by atoms with Crippen LogP contribution in [0.2, 0.25) is 0 Å². The molecular formula is C9H14. The van der Waals surface area contributed by atoms with Gasteiger partial charge in [0, 0.05) is 0 Å². The summed E-state index contributed by atoms with van der Waals surface area (Å²) in [6, 6.07) is 0. The molecule has 2 bridgehead atoms. The molecular weight excluding hydrogens is 108 g/mol. The fraction of sp³-hybridized carbons (Fsp3) is 1.00. The molecule has 0 aromatic rings. The van der Waals surface area contributed by atoms with Gasteiger partial charge in [0.1, 0.15) is 0 Å². The molecule has 3 rings (SSSR count). The lowest BCUT2D eigenvalue weighted by molar-refractivity contribution is 0.303. The molecule has 9 heavy (non-hydrogen) atoms. The first-order chi connectivity index (χ1) is 4.45. The lowest BCUT2D eigenvalue weighted by atomic mass is 9.84. The van der Waals surface area contributed by atoms with Crippen molar-refractivity contribution in [3.8, 4) is 0 Å². The van der Waals surface area contributed by atoms with Crippen molar-refractivity contribution < 1.29 is 0 Å². The van der Waals surface area contributed by atoms with E-state index in [9.17, 15) is 0 Å². The molecule has 0 saturated heterocycles. The van der Waals surface area contributed by atoms with Crippen molar-refractivity contribution in [2.24, 2.45) is 23.7 Å². The van der Waals surface area contributed by atoms with E-state index in [0.717, 1.165) is 0 Å². The topological polar surface area (TPSA) is 0 Å². The molecule has 0 amide bonds. The van der Waals surface area contributed by atoms with Crippen LogP contribution in [0.5, 0.6) is 0 Å². The molecule has 0 spiro atoms. The second kappa shape index (κ2) is 1.36. The zero-order chi connectivity index (χ0) is 5.84. The first-order valence-corrected chi connectivity index (χ1v) is 4.45. The van der Waals surface area contributed by atoms with Crippen LogP contribution in [0.3, 0.4) is 0 Å². The molecule has 0 nitrogen and oxygen atoms in total. The minimum atomic E-state index is 1.20. The Kier molecular flexibility index (Phi) is 0.717. The SMILES string of the molecule is C1CC2C[C@H](C1)C1CC21. The summed E-state index contributed by atoms with van der Waals surface area (Å²) in [5, 5.41) is 0. The van der Waals surface area contributed by atoms with E-state index in [1.807, 2.05) is 0 Å². The highest BCUT2D eigenvalue weighted by molar-refractivity contribution is 5.04. The maximum atomic E-state index is 1.62. The summed E-state index contributed by atoms with van der Waals surface area (Å²) in [7, 11) is 0. The van der Waals surface area contributed by atoms with Crippen LogP contribution >= 0.6 is 0 Å². The van der Waals surface area contributed by atoms with E-state index in [1.165, 1.54) is 23.7 Å². The molecule has 4 atom stereocenters. The standard InChI is InChI=1S/C9H14/c1-2-6-4-7(3-1)9-5-8(6)9/h6-9H,1-5H2/t6-,7?,8?,9?/m0/s1. The fourth-order valence-corrected chi connectivity index (χ4v) is 3.36. The largest absolute Gasteiger partial charge is 0.0528 e. The van der Waals surface area contributed by atoms with E-state index in [2.05, 4.69) is 0 Å². The fourth-order valence-electron chi connectivity index (χ4n) is 3.36. The minimum absolute atomic E-state index is 1.20. The number of hydrogen-bond acceptors (Lipinski definition) is 0. The molecule has 0 heterocycles. The van der Waals surface area contributed by atoms with Crippen LogP contribution in [0.25, 0.3) is 0 Å². The van der Waals surface area contributed by atoms with Crippen molar-refractivity contribution >= 4 is 0 Å². The molecule has 3 fully saturated rings. The smallest absolute Gasteiger partial charge is 0.0352 e. The quantitative estimate of drug-likeness (QED) is 0.463. The van der Waals surface area contributed by atoms with Gasteiger partial charge in [0.2, 0.25) is 0 Å². The van der Waals surface area contributed by atoms with Gasteiger partial charge in [-0.1, -0.05) is 19.3 Å². The molecule has 0 radical (unpaired) electrons. The van der Waals surface area contributed by atoms with Crippen LogP contribution in [0.1, 0.15) is 32.1 Å². The number of hydrogen-bond donors (Lipinski definition) is 0. The Morgan fingerprint density at radius 3 is 2.00 bits per heavy atom. The van der Waals surface area contributed by atoms with Crippen molar-refractivity contribution in [3.63, 3.8) is 0 Å². The van der Waals surface area contributed by atoms with E-state index in [0.29, 0.717) is 0 Å². The van der Waals surface area contributed by atoms with Gasteiger partial charge < -0.3 is 0 Å². The Morgan fingerprint density at radius 1 is 0.778 bits per heavy atom. The third-order valence-corrected chi connectivity index (χ3v) is 3.86. The van der Waals surface area contributed by atoms with Crippen molar-refractivity contribution in [2.45, 2.75) is 32.1 Å². The highest BCUT2D eigenvalue weighted by Crippen LogP contribution is 2.63. The molecule has 0 aromatic carbocycles. The maximum Gasteiger partial charge on any atom is -0.0352 e. The molecule has 3 aliphatic rings. The normalized spacial score (nSPS) is 61.3. The van der Waals surface area contributed by atoms with Gasteiger partial charge in [-0.15, -0.1) is 0 Å². The third-order valence-electron chi connectivity index (χ3n) is 3.86. The Balaban J connectivity index is 1.92. The summed E-state index contributed by atoms with van der Waals surface area (Å²) < 4.78 is 0. The first-order valence-electron chi connectivity index (χ1n) is 4.45. The summed E-state index contributed by atoms with van der Waals surface area (Å²) in [5.74, 6) is 4.87. The lowest BCUT2D eigenvalue weighted by Crippen LogP contribution is -2.09. The average molecular weight is 122 g/mol. The van der Waals surface area contributed by atoms with Crippen molar-refractivity contribution in [2.75, 3.05) is 0 Å². The predicted octanol–water partition coefficient (Wildman–Crippen LogP) is 2.44. The van der Waals surface area contributed by atoms with E-state index in [4.69, 9.17) is 0 Å². The maximum absolute atomic E-state index is 1.62. The zero-order valence-electron chi connectivity index (χ0n) is 5.84. The van der Waals surface area contributed by atoms with Gasteiger partial charge >= 0.3 is 0 Å². The van der Waals surface area contributed by atoms with E-state index >= 15 is 0 Å².